The molecule has 2 aliphatic carbocycles. The zero-order valence-corrected chi connectivity index (χ0v) is 12.2. The van der Waals surface area contributed by atoms with Crippen molar-refractivity contribution in [3.8, 4) is 6.01 Å². The maximum atomic E-state index is 5.13. The Balaban J connectivity index is 1.64. The van der Waals surface area contributed by atoms with Crippen molar-refractivity contribution < 1.29 is 4.74 Å². The van der Waals surface area contributed by atoms with Crippen LogP contribution in [0.3, 0.4) is 0 Å². The van der Waals surface area contributed by atoms with Gasteiger partial charge in [-0.3, -0.25) is 0 Å². The van der Waals surface area contributed by atoms with E-state index >= 15 is 0 Å². The predicted molar refractivity (Wildman–Crippen MR) is 78.0 cm³/mol. The lowest BCUT2D eigenvalue weighted by Gasteiger charge is -2.16. The lowest BCUT2D eigenvalue weighted by Crippen LogP contribution is -2.20. The van der Waals surface area contributed by atoms with Crippen LogP contribution < -0.4 is 15.4 Å². The summed E-state index contributed by atoms with van der Waals surface area (Å²) in [5, 5.41) is 6.48. The molecule has 2 saturated carbocycles. The van der Waals surface area contributed by atoms with Gasteiger partial charge in [0.25, 0.3) is 0 Å². The standard InChI is InChI=1S/C14H23N5O/c1-3-15-12-17-13(19-14(18-12)20-2)16-8-11(9-4-5-9)10-6-7-10/h9-11H,3-8H2,1-2H3,(H2,15,16,17,18,19). The first-order valence-electron chi connectivity index (χ1n) is 7.58. The number of rotatable bonds is 8. The second-order valence-electron chi connectivity index (χ2n) is 5.72. The summed E-state index contributed by atoms with van der Waals surface area (Å²) in [5.74, 6) is 3.81. The van der Waals surface area contributed by atoms with E-state index in [0.29, 0.717) is 17.9 Å². The van der Waals surface area contributed by atoms with Crippen LogP contribution in [0.2, 0.25) is 0 Å². The smallest absolute Gasteiger partial charge is 0.322 e. The summed E-state index contributed by atoms with van der Waals surface area (Å²) in [4.78, 5) is 12.8. The second-order valence-corrected chi connectivity index (χ2v) is 5.72. The van der Waals surface area contributed by atoms with Crippen molar-refractivity contribution in [3.05, 3.63) is 0 Å². The number of anilines is 2. The maximum absolute atomic E-state index is 5.13. The van der Waals surface area contributed by atoms with Crippen LogP contribution in [0.15, 0.2) is 0 Å². The Bertz CT molecular complexity index is 447. The van der Waals surface area contributed by atoms with Gasteiger partial charge >= 0.3 is 6.01 Å². The van der Waals surface area contributed by atoms with Crippen LogP contribution in [0, 0.1) is 17.8 Å². The highest BCUT2D eigenvalue weighted by atomic mass is 16.5. The molecule has 3 rings (SSSR count). The van der Waals surface area contributed by atoms with Gasteiger partial charge in [0.1, 0.15) is 0 Å². The molecule has 1 aromatic heterocycles. The molecular formula is C14H23N5O. The van der Waals surface area contributed by atoms with Crippen molar-refractivity contribution in [3.63, 3.8) is 0 Å². The Morgan fingerprint density at radius 2 is 1.65 bits per heavy atom. The summed E-state index contributed by atoms with van der Waals surface area (Å²) < 4.78 is 5.13. The summed E-state index contributed by atoms with van der Waals surface area (Å²) >= 11 is 0. The fourth-order valence-corrected chi connectivity index (χ4v) is 2.74. The van der Waals surface area contributed by atoms with Gasteiger partial charge in [0, 0.05) is 13.1 Å². The molecule has 2 N–H and O–H groups in total. The molecule has 2 fully saturated rings. The number of methoxy groups -OCH3 is 1. The number of hydrogen-bond donors (Lipinski definition) is 2. The molecule has 2 aliphatic rings. The molecule has 0 spiro atoms. The highest BCUT2D eigenvalue weighted by Gasteiger charge is 2.41. The van der Waals surface area contributed by atoms with Crippen molar-refractivity contribution in [2.75, 3.05) is 30.8 Å². The predicted octanol–water partition coefficient (Wildman–Crippen LogP) is 2.16. The van der Waals surface area contributed by atoms with Gasteiger partial charge in [-0.15, -0.1) is 0 Å². The third kappa shape index (κ3) is 3.29. The molecule has 6 heteroatoms. The molecule has 0 amide bonds. The molecule has 0 radical (unpaired) electrons. The van der Waals surface area contributed by atoms with Crippen molar-refractivity contribution in [2.24, 2.45) is 17.8 Å². The van der Waals surface area contributed by atoms with Gasteiger partial charge in [-0.05, 0) is 50.4 Å². The molecule has 0 unspecified atom stereocenters. The van der Waals surface area contributed by atoms with Gasteiger partial charge in [-0.2, -0.15) is 15.0 Å². The van der Waals surface area contributed by atoms with Crippen molar-refractivity contribution in [2.45, 2.75) is 32.6 Å². The van der Waals surface area contributed by atoms with Crippen molar-refractivity contribution in [1.82, 2.24) is 15.0 Å². The topological polar surface area (TPSA) is 72.0 Å². The van der Waals surface area contributed by atoms with E-state index in [1.807, 2.05) is 6.92 Å². The van der Waals surface area contributed by atoms with Gasteiger partial charge in [-0.1, -0.05) is 0 Å². The van der Waals surface area contributed by atoms with E-state index in [2.05, 4.69) is 25.6 Å². The van der Waals surface area contributed by atoms with Crippen LogP contribution in [-0.4, -0.2) is 35.2 Å². The maximum Gasteiger partial charge on any atom is 0.322 e. The summed E-state index contributed by atoms with van der Waals surface area (Å²) in [7, 11) is 1.58. The molecule has 0 aliphatic heterocycles. The zero-order valence-electron chi connectivity index (χ0n) is 12.2. The molecule has 1 heterocycles. The molecule has 0 saturated heterocycles. The lowest BCUT2D eigenvalue weighted by atomic mass is 9.98. The normalized spacial score (nSPS) is 18.1. The van der Waals surface area contributed by atoms with Gasteiger partial charge < -0.3 is 15.4 Å². The van der Waals surface area contributed by atoms with Crippen LogP contribution in [0.25, 0.3) is 0 Å². The minimum atomic E-state index is 0.354. The number of nitrogens with zero attached hydrogens (tertiary/aromatic N) is 3. The first-order valence-corrected chi connectivity index (χ1v) is 7.58. The highest BCUT2D eigenvalue weighted by molar-refractivity contribution is 5.35. The Hall–Kier alpha value is -1.59. The Morgan fingerprint density at radius 3 is 2.15 bits per heavy atom. The van der Waals surface area contributed by atoms with E-state index < -0.39 is 0 Å². The monoisotopic (exact) mass is 277 g/mol. The molecule has 110 valence electrons. The highest BCUT2D eigenvalue weighted by Crippen LogP contribution is 2.49. The largest absolute Gasteiger partial charge is 0.467 e. The van der Waals surface area contributed by atoms with E-state index in [1.165, 1.54) is 25.7 Å². The first kappa shape index (κ1) is 13.4. The average Bonchev–Trinajstić information content (AvgIpc) is 3.32. The molecule has 0 aromatic carbocycles. The number of ether oxygens (including phenoxy) is 1. The van der Waals surface area contributed by atoms with Crippen LogP contribution in [-0.2, 0) is 0 Å². The molecule has 6 nitrogen and oxygen atoms in total. The Kier molecular flexibility index (Phi) is 3.89. The summed E-state index contributed by atoms with van der Waals surface area (Å²) in [5.41, 5.74) is 0. The van der Waals surface area contributed by atoms with Gasteiger partial charge in [0.2, 0.25) is 11.9 Å². The van der Waals surface area contributed by atoms with Gasteiger partial charge in [-0.25, -0.2) is 0 Å². The fourth-order valence-electron chi connectivity index (χ4n) is 2.74. The van der Waals surface area contributed by atoms with Crippen LogP contribution in [0.4, 0.5) is 11.9 Å². The SMILES string of the molecule is CCNc1nc(NCC(C2CC2)C2CC2)nc(OC)n1. The quantitative estimate of drug-likeness (QED) is 0.758. The van der Waals surface area contributed by atoms with E-state index in [9.17, 15) is 0 Å². The summed E-state index contributed by atoms with van der Waals surface area (Å²) in [6, 6.07) is 0.354. The Morgan fingerprint density at radius 1 is 1.05 bits per heavy atom. The molecular weight excluding hydrogens is 254 g/mol. The van der Waals surface area contributed by atoms with Crippen LogP contribution in [0.1, 0.15) is 32.6 Å². The number of aromatic nitrogens is 3. The second kappa shape index (κ2) is 5.81. The third-order valence-corrected chi connectivity index (χ3v) is 4.08. The van der Waals surface area contributed by atoms with E-state index in [4.69, 9.17) is 4.74 Å². The average molecular weight is 277 g/mol. The van der Waals surface area contributed by atoms with E-state index in [-0.39, 0.29) is 0 Å². The number of nitrogens with one attached hydrogen (secondary N) is 2. The zero-order chi connectivity index (χ0) is 13.9. The minimum Gasteiger partial charge on any atom is -0.467 e. The van der Waals surface area contributed by atoms with E-state index in [1.54, 1.807) is 7.11 Å². The van der Waals surface area contributed by atoms with Crippen molar-refractivity contribution >= 4 is 11.9 Å². The summed E-state index contributed by atoms with van der Waals surface area (Å²) in [6.07, 6.45) is 5.58. The lowest BCUT2D eigenvalue weighted by molar-refractivity contribution is 0.379. The minimum absolute atomic E-state index is 0.354. The van der Waals surface area contributed by atoms with Crippen LogP contribution >= 0.6 is 0 Å². The molecule has 0 bridgehead atoms. The van der Waals surface area contributed by atoms with Crippen molar-refractivity contribution in [1.29, 1.82) is 0 Å². The van der Waals surface area contributed by atoms with E-state index in [0.717, 1.165) is 30.8 Å². The third-order valence-electron chi connectivity index (χ3n) is 4.08. The van der Waals surface area contributed by atoms with Gasteiger partial charge in [0.05, 0.1) is 7.11 Å². The van der Waals surface area contributed by atoms with Gasteiger partial charge in [0.15, 0.2) is 0 Å². The molecule has 20 heavy (non-hydrogen) atoms. The fraction of sp³-hybridized carbons (Fsp3) is 0.786. The molecule has 0 atom stereocenters. The summed E-state index contributed by atoms with van der Waals surface area (Å²) in [6.45, 7) is 3.76. The Labute approximate surface area is 119 Å². The molecule has 1 aromatic rings. The number of hydrogen-bond acceptors (Lipinski definition) is 6. The first-order chi connectivity index (χ1) is 9.80. The van der Waals surface area contributed by atoms with Crippen LogP contribution in [0.5, 0.6) is 6.01 Å².